The zero-order valence-electron chi connectivity index (χ0n) is 6.67. The van der Waals surface area contributed by atoms with Crippen molar-refractivity contribution in [1.82, 2.24) is 0 Å². The predicted octanol–water partition coefficient (Wildman–Crippen LogP) is 2.29. The molecule has 13 heavy (non-hydrogen) atoms. The molecule has 0 aliphatic heterocycles. The Balaban J connectivity index is 3.38. The van der Waals surface area contributed by atoms with Crippen molar-refractivity contribution < 1.29 is 19.0 Å². The highest BCUT2D eigenvalue weighted by Gasteiger charge is 2.17. The summed E-state index contributed by atoms with van der Waals surface area (Å²) in [4.78, 5) is 10.6. The maximum absolute atomic E-state index is 13.0. The van der Waals surface area contributed by atoms with E-state index in [4.69, 9.17) is 9.84 Å². The van der Waals surface area contributed by atoms with Gasteiger partial charge in [-0.3, -0.25) is 0 Å². The number of carboxylic acid groups (broad SMARTS) is 1. The average Bonchev–Trinajstić information content (AvgIpc) is 2.04. The van der Waals surface area contributed by atoms with Crippen LogP contribution in [0.3, 0.4) is 0 Å². The first-order chi connectivity index (χ1) is 6.07. The molecule has 1 aromatic rings. The van der Waals surface area contributed by atoms with E-state index in [1.165, 1.54) is 13.2 Å². The van der Waals surface area contributed by atoms with Crippen molar-refractivity contribution in [2.24, 2.45) is 0 Å². The number of aromatic carboxylic acids is 1. The molecule has 0 saturated heterocycles. The van der Waals surface area contributed by atoms with Gasteiger partial charge in [-0.25, -0.2) is 9.18 Å². The van der Waals surface area contributed by atoms with Crippen molar-refractivity contribution in [1.29, 1.82) is 0 Å². The fourth-order valence-electron chi connectivity index (χ4n) is 0.887. The minimum absolute atomic E-state index is 0.113. The van der Waals surface area contributed by atoms with Crippen molar-refractivity contribution >= 4 is 21.9 Å². The van der Waals surface area contributed by atoms with Gasteiger partial charge in [-0.1, -0.05) is 0 Å². The Hall–Kier alpha value is -1.10. The Kier molecular flexibility index (Phi) is 2.87. The SMILES string of the molecule is COc1ccc(F)c(C(=O)O)c1Br. The Morgan fingerprint density at radius 1 is 1.62 bits per heavy atom. The fourth-order valence-corrected chi connectivity index (χ4v) is 1.54. The van der Waals surface area contributed by atoms with E-state index in [9.17, 15) is 9.18 Å². The van der Waals surface area contributed by atoms with Crippen LogP contribution in [0, 0.1) is 5.82 Å². The molecule has 0 aliphatic carbocycles. The first-order valence-electron chi connectivity index (χ1n) is 3.33. The van der Waals surface area contributed by atoms with Gasteiger partial charge in [0, 0.05) is 0 Å². The van der Waals surface area contributed by atoms with Gasteiger partial charge in [0.25, 0.3) is 0 Å². The Morgan fingerprint density at radius 2 is 2.23 bits per heavy atom. The molecule has 0 bridgehead atoms. The van der Waals surface area contributed by atoms with Crippen LogP contribution >= 0.6 is 15.9 Å². The van der Waals surface area contributed by atoms with Crippen molar-refractivity contribution in [3.8, 4) is 5.75 Å². The van der Waals surface area contributed by atoms with Crippen LogP contribution in [0.15, 0.2) is 16.6 Å². The first-order valence-corrected chi connectivity index (χ1v) is 4.12. The van der Waals surface area contributed by atoms with E-state index in [-0.39, 0.29) is 4.47 Å². The van der Waals surface area contributed by atoms with E-state index >= 15 is 0 Å². The fraction of sp³-hybridized carbons (Fsp3) is 0.125. The van der Waals surface area contributed by atoms with E-state index in [1.807, 2.05) is 0 Å². The molecule has 1 N–H and O–H groups in total. The summed E-state index contributed by atoms with van der Waals surface area (Å²) >= 11 is 2.95. The predicted molar refractivity (Wildman–Crippen MR) is 47.6 cm³/mol. The molecule has 0 aliphatic rings. The summed E-state index contributed by atoms with van der Waals surface area (Å²) in [6.45, 7) is 0. The summed E-state index contributed by atoms with van der Waals surface area (Å²) in [6, 6.07) is 2.40. The molecule has 70 valence electrons. The lowest BCUT2D eigenvalue weighted by Gasteiger charge is -2.06. The van der Waals surface area contributed by atoms with E-state index in [2.05, 4.69) is 15.9 Å². The second-order valence-electron chi connectivity index (χ2n) is 2.24. The molecular formula is C8H6BrFO3. The maximum atomic E-state index is 13.0. The second kappa shape index (κ2) is 3.74. The van der Waals surface area contributed by atoms with Crippen LogP contribution in [0.1, 0.15) is 10.4 Å². The van der Waals surface area contributed by atoms with Crippen LogP contribution in [0.4, 0.5) is 4.39 Å². The van der Waals surface area contributed by atoms with Gasteiger partial charge in [-0.05, 0) is 28.1 Å². The van der Waals surface area contributed by atoms with Crippen LogP contribution in [-0.2, 0) is 0 Å². The molecule has 0 heterocycles. The lowest BCUT2D eigenvalue weighted by Crippen LogP contribution is -2.03. The highest BCUT2D eigenvalue weighted by Crippen LogP contribution is 2.30. The van der Waals surface area contributed by atoms with E-state index in [1.54, 1.807) is 0 Å². The van der Waals surface area contributed by atoms with Crippen LogP contribution in [0.5, 0.6) is 5.75 Å². The number of methoxy groups -OCH3 is 1. The maximum Gasteiger partial charge on any atom is 0.339 e. The van der Waals surface area contributed by atoms with Gasteiger partial charge in [0.15, 0.2) is 0 Å². The summed E-state index contributed by atoms with van der Waals surface area (Å²) in [6.07, 6.45) is 0. The third-order valence-corrected chi connectivity index (χ3v) is 2.28. The van der Waals surface area contributed by atoms with Crippen LogP contribution < -0.4 is 4.74 Å². The molecule has 0 fully saturated rings. The van der Waals surface area contributed by atoms with Crippen LogP contribution in [0.2, 0.25) is 0 Å². The number of ether oxygens (including phenoxy) is 1. The van der Waals surface area contributed by atoms with Crippen molar-refractivity contribution in [2.75, 3.05) is 7.11 Å². The van der Waals surface area contributed by atoms with Gasteiger partial charge in [-0.15, -0.1) is 0 Å². The molecule has 0 aromatic heterocycles. The molecule has 0 radical (unpaired) electrons. The summed E-state index contributed by atoms with van der Waals surface area (Å²) in [7, 11) is 1.38. The summed E-state index contributed by atoms with van der Waals surface area (Å²) in [5.41, 5.74) is -0.417. The summed E-state index contributed by atoms with van der Waals surface area (Å²) in [5.74, 6) is -1.83. The molecule has 0 unspecified atom stereocenters. The van der Waals surface area contributed by atoms with Gasteiger partial charge < -0.3 is 9.84 Å². The van der Waals surface area contributed by atoms with Gasteiger partial charge in [0.05, 0.1) is 11.6 Å². The number of benzene rings is 1. The molecule has 0 atom stereocenters. The number of hydrogen-bond acceptors (Lipinski definition) is 2. The Morgan fingerprint density at radius 3 is 2.69 bits per heavy atom. The largest absolute Gasteiger partial charge is 0.496 e. The number of carbonyl (C=O) groups is 1. The Labute approximate surface area is 82.3 Å². The molecule has 1 rings (SSSR count). The summed E-state index contributed by atoms with van der Waals surface area (Å²) in [5, 5.41) is 8.64. The van der Waals surface area contributed by atoms with Gasteiger partial charge in [-0.2, -0.15) is 0 Å². The highest BCUT2D eigenvalue weighted by molar-refractivity contribution is 9.10. The lowest BCUT2D eigenvalue weighted by atomic mass is 10.2. The second-order valence-corrected chi connectivity index (χ2v) is 3.04. The van der Waals surface area contributed by atoms with E-state index in [0.29, 0.717) is 5.75 Å². The van der Waals surface area contributed by atoms with Crippen LogP contribution in [0.25, 0.3) is 0 Å². The third kappa shape index (κ3) is 1.80. The van der Waals surface area contributed by atoms with E-state index < -0.39 is 17.3 Å². The molecule has 3 nitrogen and oxygen atoms in total. The third-order valence-electron chi connectivity index (χ3n) is 1.49. The van der Waals surface area contributed by atoms with Gasteiger partial charge >= 0.3 is 5.97 Å². The smallest absolute Gasteiger partial charge is 0.339 e. The minimum Gasteiger partial charge on any atom is -0.496 e. The van der Waals surface area contributed by atoms with Crippen molar-refractivity contribution in [3.05, 3.63) is 28.0 Å². The number of halogens is 2. The topological polar surface area (TPSA) is 46.5 Å². The minimum atomic E-state index is -1.33. The monoisotopic (exact) mass is 248 g/mol. The quantitative estimate of drug-likeness (QED) is 0.874. The first kappa shape index (κ1) is 9.98. The zero-order valence-corrected chi connectivity index (χ0v) is 8.26. The van der Waals surface area contributed by atoms with Gasteiger partial charge in [0.2, 0.25) is 0 Å². The van der Waals surface area contributed by atoms with Gasteiger partial charge in [0.1, 0.15) is 17.1 Å². The van der Waals surface area contributed by atoms with Crippen molar-refractivity contribution in [3.63, 3.8) is 0 Å². The van der Waals surface area contributed by atoms with E-state index in [0.717, 1.165) is 6.07 Å². The summed E-state index contributed by atoms with van der Waals surface area (Å²) < 4.78 is 17.9. The molecular weight excluding hydrogens is 243 g/mol. The molecule has 5 heteroatoms. The standard InChI is InChI=1S/C8H6BrFO3/c1-13-5-3-2-4(10)6(7(5)9)8(11)12/h2-3H,1H3,(H,11,12). The Bertz CT molecular complexity index is 351. The average molecular weight is 249 g/mol. The number of hydrogen-bond donors (Lipinski definition) is 1. The zero-order chi connectivity index (χ0) is 10.0. The molecule has 1 aromatic carbocycles. The lowest BCUT2D eigenvalue weighted by molar-refractivity contribution is 0.0690. The molecule has 0 saturated carbocycles. The normalized spacial score (nSPS) is 9.77. The molecule has 0 spiro atoms. The molecule has 0 amide bonds. The number of carboxylic acids is 1. The highest BCUT2D eigenvalue weighted by atomic mass is 79.9. The number of rotatable bonds is 2. The van der Waals surface area contributed by atoms with Crippen molar-refractivity contribution in [2.45, 2.75) is 0 Å². The van der Waals surface area contributed by atoms with Crippen LogP contribution in [-0.4, -0.2) is 18.2 Å².